The van der Waals surface area contributed by atoms with E-state index in [9.17, 15) is 15.2 Å². The van der Waals surface area contributed by atoms with E-state index in [-0.39, 0.29) is 5.69 Å². The van der Waals surface area contributed by atoms with E-state index in [1.165, 1.54) is 18.2 Å². The molecule has 0 saturated carbocycles. The second-order valence-electron chi connectivity index (χ2n) is 4.38. The molecule has 1 heterocycles. The highest BCUT2D eigenvalue weighted by Crippen LogP contribution is 2.30. The number of aryl methyl sites for hydroxylation is 1. The van der Waals surface area contributed by atoms with Crippen molar-refractivity contribution in [1.82, 2.24) is 4.98 Å². The van der Waals surface area contributed by atoms with E-state index in [2.05, 4.69) is 4.98 Å². The van der Waals surface area contributed by atoms with E-state index >= 15 is 0 Å². The van der Waals surface area contributed by atoms with Gasteiger partial charge in [0.25, 0.3) is 5.69 Å². The Balaban J connectivity index is 2.33. The third-order valence-electron chi connectivity index (χ3n) is 2.83. The molecule has 20 heavy (non-hydrogen) atoms. The first-order valence-electron chi connectivity index (χ1n) is 6.05. The minimum Gasteiger partial charge on any atom is -0.438 e. The van der Waals surface area contributed by atoms with Crippen molar-refractivity contribution in [3.63, 3.8) is 0 Å². The SMILES string of the molecule is Cc1cc([N+](=O)[O-])ccc1Oc1ncccc1[C@@H](C)O. The van der Waals surface area contributed by atoms with Crippen molar-refractivity contribution in [2.45, 2.75) is 20.0 Å². The second-order valence-corrected chi connectivity index (χ2v) is 4.38. The van der Waals surface area contributed by atoms with Crippen molar-refractivity contribution < 1.29 is 14.8 Å². The predicted molar refractivity (Wildman–Crippen MR) is 72.8 cm³/mol. The first-order valence-corrected chi connectivity index (χ1v) is 6.05. The number of aliphatic hydroxyl groups is 1. The van der Waals surface area contributed by atoms with Crippen LogP contribution in [-0.2, 0) is 0 Å². The Morgan fingerprint density at radius 2 is 2.15 bits per heavy atom. The third-order valence-corrected chi connectivity index (χ3v) is 2.83. The van der Waals surface area contributed by atoms with Gasteiger partial charge in [0.05, 0.1) is 11.0 Å². The van der Waals surface area contributed by atoms with Crippen molar-refractivity contribution in [3.8, 4) is 11.6 Å². The number of pyridine rings is 1. The molecule has 0 aliphatic carbocycles. The minimum absolute atomic E-state index is 0.00613. The summed E-state index contributed by atoms with van der Waals surface area (Å²) in [4.78, 5) is 14.3. The maximum atomic E-state index is 10.7. The Morgan fingerprint density at radius 1 is 1.40 bits per heavy atom. The summed E-state index contributed by atoms with van der Waals surface area (Å²) in [5.74, 6) is 0.760. The average molecular weight is 274 g/mol. The van der Waals surface area contributed by atoms with Gasteiger partial charge >= 0.3 is 0 Å². The fourth-order valence-electron chi connectivity index (χ4n) is 1.77. The highest BCUT2D eigenvalue weighted by Gasteiger charge is 2.14. The summed E-state index contributed by atoms with van der Waals surface area (Å²) in [6.07, 6.45) is 0.846. The largest absolute Gasteiger partial charge is 0.438 e. The van der Waals surface area contributed by atoms with Gasteiger partial charge in [-0.2, -0.15) is 0 Å². The summed E-state index contributed by atoms with van der Waals surface area (Å²) >= 11 is 0. The van der Waals surface area contributed by atoms with E-state index in [1.54, 1.807) is 32.2 Å². The van der Waals surface area contributed by atoms with Gasteiger partial charge in [0.2, 0.25) is 5.88 Å². The molecule has 6 nitrogen and oxygen atoms in total. The lowest BCUT2D eigenvalue weighted by Gasteiger charge is -2.12. The number of ether oxygens (including phenoxy) is 1. The topological polar surface area (TPSA) is 85.5 Å². The molecule has 0 saturated heterocycles. The van der Waals surface area contributed by atoms with Gasteiger partial charge in [-0.15, -0.1) is 0 Å². The van der Waals surface area contributed by atoms with Crippen LogP contribution in [0.1, 0.15) is 24.2 Å². The molecule has 0 unspecified atom stereocenters. The number of rotatable bonds is 4. The Kier molecular flexibility index (Phi) is 3.95. The number of aliphatic hydroxyl groups excluding tert-OH is 1. The lowest BCUT2D eigenvalue weighted by molar-refractivity contribution is -0.384. The van der Waals surface area contributed by atoms with Crippen LogP contribution in [0.2, 0.25) is 0 Å². The molecule has 1 aromatic carbocycles. The minimum atomic E-state index is -0.711. The van der Waals surface area contributed by atoms with Crippen molar-refractivity contribution in [2.24, 2.45) is 0 Å². The van der Waals surface area contributed by atoms with Gasteiger partial charge in [-0.25, -0.2) is 4.98 Å². The van der Waals surface area contributed by atoms with E-state index in [0.717, 1.165) is 0 Å². The summed E-state index contributed by atoms with van der Waals surface area (Å²) in [5, 5.41) is 20.3. The van der Waals surface area contributed by atoms with Gasteiger partial charge in [0, 0.05) is 23.9 Å². The standard InChI is InChI=1S/C14H14N2O4/c1-9-8-11(16(18)19)5-6-13(9)20-14-12(10(2)17)4-3-7-15-14/h3-8,10,17H,1-2H3/t10-/m1/s1. The second kappa shape index (κ2) is 5.66. The maximum absolute atomic E-state index is 10.7. The van der Waals surface area contributed by atoms with Gasteiger partial charge in [0.1, 0.15) is 5.75 Å². The van der Waals surface area contributed by atoms with Gasteiger partial charge in [0.15, 0.2) is 0 Å². The molecular formula is C14H14N2O4. The summed E-state index contributed by atoms with van der Waals surface area (Å²) in [5.41, 5.74) is 1.19. The molecule has 6 heteroatoms. The first kappa shape index (κ1) is 14.0. The van der Waals surface area contributed by atoms with Gasteiger partial charge in [-0.3, -0.25) is 10.1 Å². The zero-order valence-electron chi connectivity index (χ0n) is 11.1. The number of hydrogen-bond donors (Lipinski definition) is 1. The molecule has 0 bridgehead atoms. The molecule has 2 aromatic rings. The molecule has 0 amide bonds. The lowest BCUT2D eigenvalue weighted by Crippen LogP contribution is -1.99. The normalized spacial score (nSPS) is 11.9. The smallest absolute Gasteiger partial charge is 0.269 e. The highest BCUT2D eigenvalue weighted by molar-refractivity contribution is 5.45. The summed E-state index contributed by atoms with van der Waals surface area (Å²) < 4.78 is 5.64. The summed E-state index contributed by atoms with van der Waals surface area (Å²) in [6, 6.07) is 7.74. The molecule has 1 N–H and O–H groups in total. The van der Waals surface area contributed by atoms with Crippen LogP contribution in [0.25, 0.3) is 0 Å². The van der Waals surface area contributed by atoms with Crippen molar-refractivity contribution in [3.05, 3.63) is 57.8 Å². The predicted octanol–water partition coefficient (Wildman–Crippen LogP) is 3.14. The fourth-order valence-corrected chi connectivity index (χ4v) is 1.77. The summed E-state index contributed by atoms with van der Waals surface area (Å²) in [7, 11) is 0. The Labute approximate surface area is 115 Å². The Bertz CT molecular complexity index is 641. The summed E-state index contributed by atoms with van der Waals surface area (Å²) in [6.45, 7) is 3.33. The number of nitrogens with zero attached hydrogens (tertiary/aromatic N) is 2. The van der Waals surface area contributed by atoms with Gasteiger partial charge < -0.3 is 9.84 Å². The van der Waals surface area contributed by atoms with Crippen molar-refractivity contribution in [2.75, 3.05) is 0 Å². The van der Waals surface area contributed by atoms with Crippen molar-refractivity contribution in [1.29, 1.82) is 0 Å². The molecule has 1 aromatic heterocycles. The van der Waals surface area contributed by atoms with Crippen LogP contribution in [0.3, 0.4) is 0 Å². The number of nitro benzene ring substituents is 1. The molecule has 0 aliphatic rings. The molecule has 1 atom stereocenters. The monoisotopic (exact) mass is 274 g/mol. The molecule has 0 fully saturated rings. The van der Waals surface area contributed by atoms with Gasteiger partial charge in [-0.1, -0.05) is 0 Å². The van der Waals surface area contributed by atoms with Crippen LogP contribution in [-0.4, -0.2) is 15.0 Å². The van der Waals surface area contributed by atoms with Crippen LogP contribution < -0.4 is 4.74 Å². The lowest BCUT2D eigenvalue weighted by atomic mass is 10.1. The quantitative estimate of drug-likeness (QED) is 0.683. The zero-order chi connectivity index (χ0) is 14.7. The van der Waals surface area contributed by atoms with Crippen LogP contribution in [0.15, 0.2) is 36.5 Å². The molecule has 0 radical (unpaired) electrons. The van der Waals surface area contributed by atoms with Crippen LogP contribution in [0.4, 0.5) is 5.69 Å². The maximum Gasteiger partial charge on any atom is 0.269 e. The van der Waals surface area contributed by atoms with Crippen LogP contribution in [0.5, 0.6) is 11.6 Å². The molecule has 2 rings (SSSR count). The van der Waals surface area contributed by atoms with E-state index in [0.29, 0.717) is 22.8 Å². The molecule has 0 aliphatic heterocycles. The number of aromatic nitrogens is 1. The first-order chi connectivity index (χ1) is 9.49. The van der Waals surface area contributed by atoms with Crippen LogP contribution in [0, 0.1) is 17.0 Å². The number of non-ortho nitro benzene ring substituents is 1. The van der Waals surface area contributed by atoms with E-state index in [1.807, 2.05) is 0 Å². The van der Waals surface area contributed by atoms with Crippen molar-refractivity contribution >= 4 is 5.69 Å². The number of hydrogen-bond acceptors (Lipinski definition) is 5. The highest BCUT2D eigenvalue weighted by atomic mass is 16.6. The third kappa shape index (κ3) is 2.92. The number of nitro groups is 1. The van der Waals surface area contributed by atoms with Gasteiger partial charge in [-0.05, 0) is 37.6 Å². The number of benzene rings is 1. The van der Waals surface area contributed by atoms with Crippen LogP contribution >= 0.6 is 0 Å². The fraction of sp³-hybridized carbons (Fsp3) is 0.214. The molecule has 104 valence electrons. The Hall–Kier alpha value is -2.47. The average Bonchev–Trinajstić information content (AvgIpc) is 2.41. The van der Waals surface area contributed by atoms with E-state index in [4.69, 9.17) is 4.74 Å². The molecule has 0 spiro atoms. The van der Waals surface area contributed by atoms with E-state index < -0.39 is 11.0 Å². The zero-order valence-corrected chi connectivity index (χ0v) is 11.1. The molecular weight excluding hydrogens is 260 g/mol. The Morgan fingerprint density at radius 3 is 2.75 bits per heavy atom.